The van der Waals surface area contributed by atoms with Gasteiger partial charge in [0.1, 0.15) is 17.5 Å². The number of hydrogen-bond acceptors (Lipinski definition) is 9. The normalized spacial score (nSPS) is 33.2. The van der Waals surface area contributed by atoms with Crippen LogP contribution in [0, 0.1) is 26.9 Å². The van der Waals surface area contributed by atoms with E-state index in [0.29, 0.717) is 41.8 Å². The van der Waals surface area contributed by atoms with Crippen molar-refractivity contribution in [3.8, 4) is 0 Å². The van der Waals surface area contributed by atoms with E-state index in [0.717, 1.165) is 50.8 Å². The first-order chi connectivity index (χ1) is 23.5. The van der Waals surface area contributed by atoms with Gasteiger partial charge in [0.2, 0.25) is 11.6 Å². The predicted molar refractivity (Wildman–Crippen MR) is 176 cm³/mol. The first kappa shape index (κ1) is 33.4. The van der Waals surface area contributed by atoms with Gasteiger partial charge < -0.3 is 35.0 Å². The Balaban J connectivity index is 0.927. The minimum absolute atomic E-state index is 0.125. The van der Waals surface area contributed by atoms with Gasteiger partial charge in [-0.25, -0.2) is 18.0 Å². The zero-order valence-corrected chi connectivity index (χ0v) is 28.8. The number of fused-ring (bicyclic) bond motifs is 3. The Labute approximate surface area is 294 Å². The Morgan fingerprint density at radius 3 is 2.63 bits per heavy atom. The Hall–Kier alpha value is -2.70. The summed E-state index contributed by atoms with van der Waals surface area (Å²) < 4.78 is 57.1. The monoisotopic (exact) mass is 798 g/mol. The van der Waals surface area contributed by atoms with Gasteiger partial charge in [-0.05, 0) is 91.4 Å². The van der Waals surface area contributed by atoms with Crippen LogP contribution >= 0.6 is 22.6 Å². The van der Waals surface area contributed by atoms with Gasteiger partial charge in [0, 0.05) is 47.9 Å². The van der Waals surface area contributed by atoms with Crippen LogP contribution in [0.2, 0.25) is 0 Å². The van der Waals surface area contributed by atoms with Crippen LogP contribution in [0.1, 0.15) is 68.1 Å². The number of hydrogen-bond donors (Lipinski definition) is 3. The van der Waals surface area contributed by atoms with Crippen molar-refractivity contribution in [1.82, 2.24) is 15.1 Å². The topological polar surface area (TPSA) is 122 Å². The van der Waals surface area contributed by atoms with Crippen LogP contribution < -0.4 is 10.6 Å². The third-order valence-electron chi connectivity index (χ3n) is 11.0. The summed E-state index contributed by atoms with van der Waals surface area (Å²) in [6.07, 6.45) is 5.04. The number of rotatable bonds is 5. The van der Waals surface area contributed by atoms with Gasteiger partial charge in [0.05, 0.1) is 36.1 Å². The fraction of sp³-hybridized carbons (Fsp3) is 0.588. The van der Waals surface area contributed by atoms with Crippen molar-refractivity contribution >= 4 is 46.0 Å². The molecule has 6 atom stereocenters. The fourth-order valence-corrected chi connectivity index (χ4v) is 9.05. The maximum Gasteiger partial charge on any atom is 0.410 e. The number of nitrogens with zero attached hydrogens (tertiary/aromatic N) is 2. The number of piperidine rings is 2. The van der Waals surface area contributed by atoms with Crippen LogP contribution in [0.25, 0.3) is 0 Å². The van der Waals surface area contributed by atoms with Crippen LogP contribution in [0.4, 0.5) is 29.3 Å². The van der Waals surface area contributed by atoms with Crippen molar-refractivity contribution in [2.75, 3.05) is 31.5 Å². The smallest absolute Gasteiger partial charge is 0.410 e. The standard InChI is InChI=1S/C34H38F3IN4O7/c35-24-8-7-23(29(28(24)37)40-26-9-6-20(38)13-25(26)36)30(43)41-17-32(45,18-41)27-5-1-2-11-42(27)31(44)46-22-4-3-10-33(15-22)47-34(49-48-33)14-21-12-19(34)16-39-21/h6-9,13,19,21-22,27,39-40,45H,1-5,10-12,14-18H2/t19?,21?,22-,27+,33-,34?/m1/s1. The molecule has 0 radical (unpaired) electrons. The van der Waals surface area contributed by atoms with E-state index in [2.05, 4.69) is 10.6 Å². The quantitative estimate of drug-likeness (QED) is 0.273. The summed E-state index contributed by atoms with van der Waals surface area (Å²) in [6.45, 7) is 0.922. The average molecular weight is 799 g/mol. The van der Waals surface area contributed by atoms with Crippen LogP contribution in [-0.4, -0.2) is 88.4 Å². The van der Waals surface area contributed by atoms with E-state index in [1.807, 2.05) is 22.6 Å². The van der Waals surface area contributed by atoms with Crippen LogP contribution in [-0.2, 0) is 19.2 Å². The first-order valence-electron chi connectivity index (χ1n) is 17.0. The molecule has 2 aromatic carbocycles. The SMILES string of the molecule is O=C(c1ccc(F)c(F)c1Nc1ccc(I)cc1F)N1CC(O)([C@@H]2CCCCN2C(=O)O[C@@H]2CCC[C@]3(C2)OOC2(CC4CC2CN4)O3)C1. The van der Waals surface area contributed by atoms with E-state index >= 15 is 4.39 Å². The van der Waals surface area contributed by atoms with Gasteiger partial charge in [-0.1, -0.05) is 0 Å². The third-order valence-corrected chi connectivity index (χ3v) is 11.7. The zero-order chi connectivity index (χ0) is 34.1. The maximum absolute atomic E-state index is 15.0. The lowest BCUT2D eigenvalue weighted by molar-refractivity contribution is -0.362. The van der Waals surface area contributed by atoms with E-state index < -0.39 is 64.5 Å². The average Bonchev–Trinajstić information content (AvgIpc) is 3.77. The van der Waals surface area contributed by atoms with Crippen LogP contribution in [0.3, 0.4) is 0 Å². The molecule has 2 aromatic rings. The molecular formula is C34H38F3IN4O7. The highest BCUT2D eigenvalue weighted by molar-refractivity contribution is 14.1. The molecule has 6 fully saturated rings. The van der Waals surface area contributed by atoms with E-state index in [1.165, 1.54) is 17.0 Å². The number of halogens is 4. The number of benzene rings is 2. The minimum Gasteiger partial charge on any atom is -0.446 e. The molecule has 0 aromatic heterocycles. The molecule has 2 aliphatic carbocycles. The molecule has 2 spiro atoms. The Bertz CT molecular complexity index is 1670. The van der Waals surface area contributed by atoms with Gasteiger partial charge in [-0.3, -0.25) is 4.79 Å². The summed E-state index contributed by atoms with van der Waals surface area (Å²) in [5.41, 5.74) is -2.28. The molecule has 49 heavy (non-hydrogen) atoms. The molecule has 3 N–H and O–H groups in total. The summed E-state index contributed by atoms with van der Waals surface area (Å²) in [5, 5.41) is 17.7. The molecule has 2 saturated carbocycles. The number of likely N-dealkylation sites (tertiary alicyclic amines) is 2. The number of nitrogens with one attached hydrogen (secondary N) is 2. The van der Waals surface area contributed by atoms with E-state index in [9.17, 15) is 23.5 Å². The minimum atomic E-state index is -1.44. The number of amides is 2. The van der Waals surface area contributed by atoms with E-state index in [-0.39, 0.29) is 30.3 Å². The number of aliphatic hydroxyl groups is 1. The molecule has 2 amide bonds. The van der Waals surface area contributed by atoms with Crippen molar-refractivity contribution in [2.24, 2.45) is 5.92 Å². The molecule has 3 unspecified atom stereocenters. The van der Waals surface area contributed by atoms with Gasteiger partial charge in [0.15, 0.2) is 11.6 Å². The Morgan fingerprint density at radius 1 is 1.04 bits per heavy atom. The largest absolute Gasteiger partial charge is 0.446 e. The molecular weight excluding hydrogens is 760 g/mol. The van der Waals surface area contributed by atoms with Gasteiger partial charge in [0.25, 0.3) is 5.91 Å². The van der Waals surface area contributed by atoms with Crippen molar-refractivity contribution < 1.29 is 47.1 Å². The van der Waals surface area contributed by atoms with Crippen LogP contribution in [0.15, 0.2) is 30.3 Å². The number of anilines is 2. The van der Waals surface area contributed by atoms with E-state index in [1.54, 1.807) is 11.0 Å². The second kappa shape index (κ2) is 12.5. The number of β-amino-alcohol motifs (C(OH)–C–C–N with tert-alkyl or cyclic N) is 1. The zero-order valence-electron chi connectivity index (χ0n) is 26.7. The molecule has 264 valence electrons. The maximum atomic E-state index is 15.0. The number of ether oxygens (including phenoxy) is 2. The summed E-state index contributed by atoms with van der Waals surface area (Å²) in [5.74, 6) is -5.41. The first-order valence-corrected chi connectivity index (χ1v) is 18.0. The van der Waals surface area contributed by atoms with E-state index in [4.69, 9.17) is 19.2 Å². The second-order valence-electron chi connectivity index (χ2n) is 14.3. The van der Waals surface area contributed by atoms with Crippen molar-refractivity contribution in [2.45, 2.75) is 93.2 Å². The molecule has 8 rings (SSSR count). The van der Waals surface area contributed by atoms with Crippen molar-refractivity contribution in [3.05, 3.63) is 56.9 Å². The lowest BCUT2D eigenvalue weighted by atomic mass is 9.80. The molecule has 6 aliphatic rings. The summed E-state index contributed by atoms with van der Waals surface area (Å²) >= 11 is 1.92. The predicted octanol–water partition coefficient (Wildman–Crippen LogP) is 5.33. The van der Waals surface area contributed by atoms with Crippen LogP contribution in [0.5, 0.6) is 0 Å². The van der Waals surface area contributed by atoms with Crippen molar-refractivity contribution in [3.63, 3.8) is 0 Å². The molecule has 11 nitrogen and oxygen atoms in total. The lowest BCUT2D eigenvalue weighted by Crippen LogP contribution is -2.73. The Kier molecular flexibility index (Phi) is 8.54. The third kappa shape index (κ3) is 5.97. The summed E-state index contributed by atoms with van der Waals surface area (Å²) in [4.78, 5) is 41.8. The fourth-order valence-electron chi connectivity index (χ4n) is 8.60. The highest BCUT2D eigenvalue weighted by Gasteiger charge is 2.64. The number of carbonyl (C=O) groups excluding carboxylic acids is 2. The summed E-state index contributed by atoms with van der Waals surface area (Å²) in [7, 11) is 0. The summed E-state index contributed by atoms with van der Waals surface area (Å²) in [6, 6.07) is 5.87. The van der Waals surface area contributed by atoms with Gasteiger partial charge in [-0.2, -0.15) is 9.78 Å². The second-order valence-corrected chi connectivity index (χ2v) is 15.6. The van der Waals surface area contributed by atoms with Gasteiger partial charge in [-0.15, -0.1) is 0 Å². The van der Waals surface area contributed by atoms with Gasteiger partial charge >= 0.3 is 6.09 Å². The molecule has 15 heteroatoms. The molecule has 4 heterocycles. The molecule has 2 bridgehead atoms. The highest BCUT2D eigenvalue weighted by Crippen LogP contribution is 2.53. The number of carbonyl (C=O) groups is 2. The Morgan fingerprint density at radius 2 is 1.88 bits per heavy atom. The lowest BCUT2D eigenvalue weighted by Gasteiger charge is -2.54. The molecule has 4 saturated heterocycles. The van der Waals surface area contributed by atoms with Crippen molar-refractivity contribution in [1.29, 1.82) is 0 Å². The highest BCUT2D eigenvalue weighted by atomic mass is 127. The molecule has 4 aliphatic heterocycles.